The van der Waals surface area contributed by atoms with Gasteiger partial charge in [0.25, 0.3) is 0 Å². The largest absolute Gasteiger partial charge is 0.480 e. The van der Waals surface area contributed by atoms with E-state index in [2.05, 4.69) is 5.32 Å². The van der Waals surface area contributed by atoms with E-state index < -0.39 is 12.0 Å². The minimum Gasteiger partial charge on any atom is -0.480 e. The molecule has 1 saturated heterocycles. The van der Waals surface area contributed by atoms with Crippen molar-refractivity contribution in [1.29, 1.82) is 0 Å². The van der Waals surface area contributed by atoms with Gasteiger partial charge < -0.3 is 9.84 Å². The molecule has 0 radical (unpaired) electrons. The molecular formula is C8H13NO3. The van der Waals surface area contributed by atoms with Crippen molar-refractivity contribution >= 4 is 5.97 Å². The van der Waals surface area contributed by atoms with Gasteiger partial charge in [-0.3, -0.25) is 10.1 Å². The minimum atomic E-state index is -0.816. The smallest absolute Gasteiger partial charge is 0.323 e. The first-order valence-corrected chi connectivity index (χ1v) is 4.35. The number of hydrogen-bond donors (Lipinski definition) is 2. The van der Waals surface area contributed by atoms with Crippen LogP contribution in [0.25, 0.3) is 0 Å². The summed E-state index contributed by atoms with van der Waals surface area (Å²) in [5.74, 6) is -0.128. The minimum absolute atomic E-state index is 0.264. The van der Waals surface area contributed by atoms with Gasteiger partial charge in [0.15, 0.2) is 0 Å². The SMILES string of the molecule is O=C(O)C1COC(C2CC2)CN1. The Morgan fingerprint density at radius 2 is 2.25 bits per heavy atom. The summed E-state index contributed by atoms with van der Waals surface area (Å²) in [6, 6.07) is -0.500. The molecular weight excluding hydrogens is 158 g/mol. The standard InChI is InChI=1S/C8H13NO3/c10-8(11)6-4-12-7(3-9-6)5-1-2-5/h5-7,9H,1-4H2,(H,10,11). The monoisotopic (exact) mass is 171 g/mol. The normalized spacial score (nSPS) is 36.3. The molecule has 4 nitrogen and oxygen atoms in total. The Labute approximate surface area is 70.9 Å². The van der Waals surface area contributed by atoms with Gasteiger partial charge in [-0.1, -0.05) is 0 Å². The zero-order valence-corrected chi connectivity index (χ0v) is 6.82. The lowest BCUT2D eigenvalue weighted by Gasteiger charge is -2.27. The molecule has 2 unspecified atom stereocenters. The summed E-state index contributed by atoms with van der Waals surface area (Å²) in [6.45, 7) is 1.01. The molecule has 0 aromatic carbocycles. The summed E-state index contributed by atoms with van der Waals surface area (Å²) in [7, 11) is 0. The first-order valence-electron chi connectivity index (χ1n) is 4.35. The average molecular weight is 171 g/mol. The fraction of sp³-hybridized carbons (Fsp3) is 0.875. The van der Waals surface area contributed by atoms with Crippen molar-refractivity contribution in [2.45, 2.75) is 25.0 Å². The van der Waals surface area contributed by atoms with E-state index in [-0.39, 0.29) is 6.10 Å². The molecule has 0 aromatic rings. The van der Waals surface area contributed by atoms with Crippen molar-refractivity contribution in [3.8, 4) is 0 Å². The lowest BCUT2D eigenvalue weighted by atomic mass is 10.1. The van der Waals surface area contributed by atoms with Crippen molar-refractivity contribution in [2.24, 2.45) is 5.92 Å². The Balaban J connectivity index is 1.80. The first-order chi connectivity index (χ1) is 5.77. The molecule has 1 heterocycles. The highest BCUT2D eigenvalue weighted by atomic mass is 16.5. The van der Waals surface area contributed by atoms with Crippen LogP contribution >= 0.6 is 0 Å². The quantitative estimate of drug-likeness (QED) is 0.606. The summed E-state index contributed by atoms with van der Waals surface area (Å²) in [5, 5.41) is 11.6. The highest BCUT2D eigenvalue weighted by molar-refractivity contribution is 5.73. The lowest BCUT2D eigenvalue weighted by molar-refractivity contribution is -0.144. The van der Waals surface area contributed by atoms with Gasteiger partial charge in [-0.2, -0.15) is 0 Å². The van der Waals surface area contributed by atoms with E-state index in [1.807, 2.05) is 0 Å². The van der Waals surface area contributed by atoms with Crippen LogP contribution in [0, 0.1) is 5.92 Å². The molecule has 2 N–H and O–H groups in total. The van der Waals surface area contributed by atoms with Crippen molar-refractivity contribution in [1.82, 2.24) is 5.32 Å². The highest BCUT2D eigenvalue weighted by Crippen LogP contribution is 2.34. The maximum absolute atomic E-state index is 10.5. The molecule has 0 spiro atoms. The fourth-order valence-corrected chi connectivity index (χ4v) is 1.53. The van der Waals surface area contributed by atoms with Crippen LogP contribution in [0.4, 0.5) is 0 Å². The molecule has 2 rings (SSSR count). The molecule has 1 aliphatic carbocycles. The van der Waals surface area contributed by atoms with Gasteiger partial charge >= 0.3 is 5.97 Å². The van der Waals surface area contributed by atoms with E-state index in [0.717, 1.165) is 0 Å². The van der Waals surface area contributed by atoms with Gasteiger partial charge in [-0.15, -0.1) is 0 Å². The van der Waals surface area contributed by atoms with Gasteiger partial charge in [0.1, 0.15) is 6.04 Å². The predicted molar refractivity (Wildman–Crippen MR) is 41.9 cm³/mol. The number of carboxylic acid groups (broad SMARTS) is 1. The Hall–Kier alpha value is -0.610. The average Bonchev–Trinajstić information content (AvgIpc) is 2.87. The second kappa shape index (κ2) is 3.03. The number of carbonyl (C=O) groups is 1. The molecule has 0 aromatic heterocycles. The van der Waals surface area contributed by atoms with Gasteiger partial charge in [0, 0.05) is 6.54 Å². The summed E-state index contributed by atoms with van der Waals surface area (Å²) in [5.41, 5.74) is 0. The molecule has 0 bridgehead atoms. The second-order valence-corrected chi connectivity index (χ2v) is 3.51. The van der Waals surface area contributed by atoms with E-state index in [1.54, 1.807) is 0 Å². The third-order valence-electron chi connectivity index (χ3n) is 2.49. The van der Waals surface area contributed by atoms with E-state index in [1.165, 1.54) is 12.8 Å². The maximum atomic E-state index is 10.5. The van der Waals surface area contributed by atoms with Crippen LogP contribution in [0.3, 0.4) is 0 Å². The molecule has 4 heteroatoms. The number of carboxylic acids is 1. The number of morpholine rings is 1. The molecule has 0 amide bonds. The van der Waals surface area contributed by atoms with Crippen LogP contribution in [-0.2, 0) is 9.53 Å². The molecule has 2 fully saturated rings. The Morgan fingerprint density at radius 1 is 1.50 bits per heavy atom. The van der Waals surface area contributed by atoms with Crippen molar-refractivity contribution < 1.29 is 14.6 Å². The van der Waals surface area contributed by atoms with Gasteiger partial charge in [-0.05, 0) is 18.8 Å². The van der Waals surface area contributed by atoms with Gasteiger partial charge in [0.2, 0.25) is 0 Å². The third-order valence-corrected chi connectivity index (χ3v) is 2.49. The second-order valence-electron chi connectivity index (χ2n) is 3.51. The number of ether oxygens (including phenoxy) is 1. The predicted octanol–water partition coefficient (Wildman–Crippen LogP) is -0.162. The van der Waals surface area contributed by atoms with E-state index in [4.69, 9.17) is 9.84 Å². The maximum Gasteiger partial charge on any atom is 0.323 e. The zero-order valence-electron chi connectivity index (χ0n) is 6.82. The topological polar surface area (TPSA) is 58.6 Å². The number of aliphatic carboxylic acids is 1. The Bertz CT molecular complexity index is 183. The third kappa shape index (κ3) is 1.59. The summed E-state index contributed by atoms with van der Waals surface area (Å²) in [4.78, 5) is 10.5. The number of nitrogens with one attached hydrogen (secondary N) is 1. The van der Waals surface area contributed by atoms with Crippen LogP contribution in [-0.4, -0.2) is 36.4 Å². The van der Waals surface area contributed by atoms with Gasteiger partial charge in [-0.25, -0.2) is 0 Å². The lowest BCUT2D eigenvalue weighted by Crippen LogP contribution is -2.50. The molecule has 1 aliphatic heterocycles. The summed E-state index contributed by atoms with van der Waals surface area (Å²) < 4.78 is 5.43. The summed E-state index contributed by atoms with van der Waals surface area (Å²) in [6.07, 6.45) is 2.74. The van der Waals surface area contributed by atoms with Gasteiger partial charge in [0.05, 0.1) is 12.7 Å². The zero-order chi connectivity index (χ0) is 8.55. The molecule has 68 valence electrons. The van der Waals surface area contributed by atoms with Crippen LogP contribution < -0.4 is 5.32 Å². The first kappa shape index (κ1) is 8.01. The van der Waals surface area contributed by atoms with E-state index in [0.29, 0.717) is 19.1 Å². The van der Waals surface area contributed by atoms with E-state index in [9.17, 15) is 4.79 Å². The number of hydrogen-bond acceptors (Lipinski definition) is 3. The number of rotatable bonds is 2. The molecule has 1 saturated carbocycles. The van der Waals surface area contributed by atoms with Crippen molar-refractivity contribution in [3.63, 3.8) is 0 Å². The fourth-order valence-electron chi connectivity index (χ4n) is 1.53. The van der Waals surface area contributed by atoms with Crippen LogP contribution in [0.1, 0.15) is 12.8 Å². The van der Waals surface area contributed by atoms with Crippen LogP contribution in [0.5, 0.6) is 0 Å². The van der Waals surface area contributed by atoms with E-state index >= 15 is 0 Å². The molecule has 2 aliphatic rings. The highest BCUT2D eigenvalue weighted by Gasteiger charge is 2.36. The van der Waals surface area contributed by atoms with Crippen molar-refractivity contribution in [2.75, 3.05) is 13.2 Å². The molecule has 12 heavy (non-hydrogen) atoms. The Kier molecular flexibility index (Phi) is 2.02. The van der Waals surface area contributed by atoms with Crippen LogP contribution in [0.15, 0.2) is 0 Å². The van der Waals surface area contributed by atoms with Crippen LogP contribution in [0.2, 0.25) is 0 Å². The molecule has 2 atom stereocenters. The Morgan fingerprint density at radius 3 is 2.67 bits per heavy atom. The summed E-state index contributed by atoms with van der Waals surface area (Å²) >= 11 is 0. The van der Waals surface area contributed by atoms with Crippen molar-refractivity contribution in [3.05, 3.63) is 0 Å².